The first-order valence-corrected chi connectivity index (χ1v) is 16.4. The average Bonchev–Trinajstić information content (AvgIpc) is 3.66. The molecule has 0 aliphatic carbocycles. The number of hydrogen-bond acceptors (Lipinski definition) is 11. The summed E-state index contributed by atoms with van der Waals surface area (Å²) in [5, 5.41) is 15.5. The van der Waals surface area contributed by atoms with Gasteiger partial charge in [-0.3, -0.25) is 9.59 Å². The largest absolute Gasteiger partial charge is 0.482 e. The highest BCUT2D eigenvalue weighted by atomic mass is 32.1. The Labute approximate surface area is 290 Å². The van der Waals surface area contributed by atoms with Crippen molar-refractivity contribution < 1.29 is 33.0 Å². The number of anilines is 1. The van der Waals surface area contributed by atoms with Crippen LogP contribution in [-0.4, -0.2) is 94.2 Å². The number of nitrogen functional groups attached to an aromatic ring is 1. The van der Waals surface area contributed by atoms with Crippen molar-refractivity contribution in [3.05, 3.63) is 89.2 Å². The van der Waals surface area contributed by atoms with Crippen molar-refractivity contribution in [2.75, 3.05) is 39.1 Å². The molecule has 0 unspecified atom stereocenters. The first kappa shape index (κ1) is 34.1. The average molecular weight is 701 g/mol. The van der Waals surface area contributed by atoms with Crippen molar-refractivity contribution in [2.45, 2.75) is 31.7 Å². The zero-order valence-corrected chi connectivity index (χ0v) is 27.8. The van der Waals surface area contributed by atoms with E-state index in [4.69, 9.17) is 10.5 Å². The van der Waals surface area contributed by atoms with E-state index >= 15 is 0 Å². The third-order valence-electron chi connectivity index (χ3n) is 8.51. The number of hydrogen-bond donors (Lipinski definition) is 2. The molecule has 258 valence electrons. The van der Waals surface area contributed by atoms with Gasteiger partial charge in [-0.1, -0.05) is 47.7 Å². The molecule has 0 radical (unpaired) electrons. The van der Waals surface area contributed by atoms with Gasteiger partial charge >= 0.3 is 12.0 Å². The normalized spacial score (nSPS) is 17.4. The van der Waals surface area contributed by atoms with Gasteiger partial charge < -0.3 is 30.3 Å². The Hall–Kier alpha value is -5.79. The maximum Gasteiger partial charge on any atom is 0.343 e. The molecule has 2 fully saturated rings. The lowest BCUT2D eigenvalue weighted by Gasteiger charge is -2.46. The van der Waals surface area contributed by atoms with Gasteiger partial charge in [-0.25, -0.2) is 24.0 Å². The zero-order valence-electron chi connectivity index (χ0n) is 27.0. The molecule has 1 aromatic heterocycles. The number of thiazole rings is 1. The van der Waals surface area contributed by atoms with E-state index in [1.807, 2.05) is 24.3 Å². The van der Waals surface area contributed by atoms with E-state index in [-0.39, 0.29) is 57.6 Å². The van der Waals surface area contributed by atoms with Crippen LogP contribution in [0.25, 0.3) is 10.2 Å². The van der Waals surface area contributed by atoms with Gasteiger partial charge in [-0.15, -0.1) is 0 Å². The number of nitrogens with zero attached hydrogens (tertiary/aromatic N) is 6. The van der Waals surface area contributed by atoms with Crippen LogP contribution in [-0.2, 0) is 38.6 Å². The predicted octanol–water partition coefficient (Wildman–Crippen LogP) is 2.64. The van der Waals surface area contributed by atoms with E-state index in [0.717, 1.165) is 15.8 Å². The molecule has 14 nitrogen and oxygen atoms in total. The van der Waals surface area contributed by atoms with Crippen molar-refractivity contribution in [3.8, 4) is 11.8 Å². The monoisotopic (exact) mass is 700 g/mol. The molecule has 3 N–H and O–H groups in total. The minimum atomic E-state index is -0.945. The van der Waals surface area contributed by atoms with E-state index in [2.05, 4.69) is 15.0 Å². The van der Waals surface area contributed by atoms with Crippen LogP contribution in [0.1, 0.15) is 16.7 Å². The Morgan fingerprint density at radius 2 is 1.86 bits per heavy atom. The zero-order chi connectivity index (χ0) is 35.4. The first-order chi connectivity index (χ1) is 24.1. The number of halogens is 1. The van der Waals surface area contributed by atoms with Crippen LogP contribution in [0.15, 0.2) is 66.7 Å². The topological polar surface area (TPSA) is 174 Å². The lowest BCUT2D eigenvalue weighted by molar-refractivity contribution is -0.157. The molecule has 4 amide bonds. The number of benzene rings is 3. The van der Waals surface area contributed by atoms with Crippen molar-refractivity contribution in [3.63, 3.8) is 0 Å². The number of esters is 1. The van der Waals surface area contributed by atoms with Gasteiger partial charge in [0, 0.05) is 19.5 Å². The number of hydrazine groups is 1. The second-order valence-electron chi connectivity index (χ2n) is 11.6. The van der Waals surface area contributed by atoms with Crippen LogP contribution in [0.4, 0.5) is 14.3 Å². The summed E-state index contributed by atoms with van der Waals surface area (Å²) in [4.78, 5) is 60.6. The summed E-state index contributed by atoms with van der Waals surface area (Å²) in [6, 6.07) is 18.5. The molecule has 6 rings (SSSR count). The van der Waals surface area contributed by atoms with Gasteiger partial charge in [0.2, 0.25) is 11.8 Å². The predicted molar refractivity (Wildman–Crippen MR) is 179 cm³/mol. The SMILES string of the molecule is COC(=O)COc1ccc(C[C@H]2C(=O)N(Cc3cccc4sc(N)nc34)C[C@H]3N2C(=O)CN3N(CC#N)C(=O)NCc2ccc(F)cc2)cc1. The Balaban J connectivity index is 1.28. The molecule has 2 atom stereocenters. The molecule has 0 bridgehead atoms. The lowest BCUT2D eigenvalue weighted by atomic mass is 9.99. The molecular formula is C34H33FN8O6S. The molecule has 4 aromatic rings. The number of nitrogens with one attached hydrogen (secondary N) is 1. The fraction of sp³-hybridized carbons (Fsp3) is 0.294. The lowest BCUT2D eigenvalue weighted by Crippen LogP contribution is -2.66. The van der Waals surface area contributed by atoms with E-state index in [1.54, 1.807) is 29.2 Å². The van der Waals surface area contributed by atoms with Crippen LogP contribution in [0.2, 0.25) is 0 Å². The standard InChI is InChI=1S/C34H33FN8O6S/c1-48-30(45)20-49-25-11-7-21(8-12-25)15-26-32(46)40(17-23-3-2-4-27-31(23)39-33(37)50-27)18-28-42(19-29(44)43(26)28)41(14-13-36)34(47)38-16-22-5-9-24(35)10-6-22/h2-12,26,28H,14-20H2,1H3,(H2,37,39)(H,38,47)/t26-,28+/m0/s1. The smallest absolute Gasteiger partial charge is 0.343 e. The van der Waals surface area contributed by atoms with Crippen molar-refractivity contribution in [1.82, 2.24) is 30.1 Å². The van der Waals surface area contributed by atoms with Gasteiger partial charge in [0.25, 0.3) is 0 Å². The number of para-hydroxylation sites is 1. The van der Waals surface area contributed by atoms with Gasteiger partial charge in [-0.05, 0) is 47.0 Å². The molecule has 16 heteroatoms. The highest BCUT2D eigenvalue weighted by molar-refractivity contribution is 7.22. The van der Waals surface area contributed by atoms with Crippen molar-refractivity contribution in [1.29, 1.82) is 5.26 Å². The van der Waals surface area contributed by atoms with Crippen molar-refractivity contribution in [2.24, 2.45) is 0 Å². The van der Waals surface area contributed by atoms with Gasteiger partial charge in [0.05, 0.1) is 36.5 Å². The molecule has 2 aliphatic rings. The van der Waals surface area contributed by atoms with Crippen LogP contribution in [0, 0.1) is 17.1 Å². The molecule has 0 spiro atoms. The number of nitrogens with two attached hydrogens (primary N) is 1. The molecule has 3 aromatic carbocycles. The number of carbonyl (C=O) groups excluding carboxylic acids is 4. The van der Waals surface area contributed by atoms with Gasteiger partial charge in [0.1, 0.15) is 30.3 Å². The quantitative estimate of drug-likeness (QED) is 0.175. The molecular weight excluding hydrogens is 667 g/mol. The molecule has 2 saturated heterocycles. The third kappa shape index (κ3) is 7.28. The van der Waals surface area contributed by atoms with E-state index < -0.39 is 30.0 Å². The van der Waals surface area contributed by atoms with Crippen LogP contribution < -0.4 is 15.8 Å². The van der Waals surface area contributed by atoms with Crippen molar-refractivity contribution >= 4 is 50.5 Å². The number of carbonyl (C=O) groups is 4. The number of ether oxygens (including phenoxy) is 2. The summed E-state index contributed by atoms with van der Waals surface area (Å²) in [7, 11) is 1.26. The Kier molecular flexibility index (Phi) is 10.1. The molecule has 3 heterocycles. The fourth-order valence-corrected chi connectivity index (χ4v) is 6.89. The Morgan fingerprint density at radius 1 is 1.12 bits per heavy atom. The second-order valence-corrected chi connectivity index (χ2v) is 12.7. The number of amides is 4. The van der Waals surface area contributed by atoms with Crippen LogP contribution in [0.3, 0.4) is 0 Å². The number of urea groups is 1. The van der Waals surface area contributed by atoms with Gasteiger partial charge in [-0.2, -0.15) is 10.3 Å². The minimum Gasteiger partial charge on any atom is -0.482 e. The number of methoxy groups -OCH3 is 1. The van der Waals surface area contributed by atoms with Crippen LogP contribution >= 0.6 is 11.3 Å². The minimum absolute atomic E-state index is 0.0462. The van der Waals surface area contributed by atoms with Gasteiger partial charge in [0.15, 0.2) is 11.7 Å². The summed E-state index contributed by atoms with van der Waals surface area (Å²) in [6.45, 7) is -0.602. The summed E-state index contributed by atoms with van der Waals surface area (Å²) in [5.41, 5.74) is 8.81. The molecule has 2 aliphatic heterocycles. The number of piperazine rings is 1. The third-order valence-corrected chi connectivity index (χ3v) is 9.36. The summed E-state index contributed by atoms with van der Waals surface area (Å²) >= 11 is 1.34. The number of nitriles is 1. The van der Waals surface area contributed by atoms with E-state index in [0.29, 0.717) is 22.0 Å². The molecule has 50 heavy (non-hydrogen) atoms. The Bertz CT molecular complexity index is 1950. The number of fused-ring (bicyclic) bond motifs is 2. The fourth-order valence-electron chi connectivity index (χ4n) is 6.11. The highest BCUT2D eigenvalue weighted by Crippen LogP contribution is 2.32. The maximum atomic E-state index is 14.3. The second kappa shape index (κ2) is 14.8. The maximum absolute atomic E-state index is 14.3. The first-order valence-electron chi connectivity index (χ1n) is 15.6. The summed E-state index contributed by atoms with van der Waals surface area (Å²) < 4.78 is 24.3. The summed E-state index contributed by atoms with van der Waals surface area (Å²) in [6.07, 6.45) is -0.636. The van der Waals surface area contributed by atoms with E-state index in [1.165, 1.54) is 57.6 Å². The Morgan fingerprint density at radius 3 is 2.58 bits per heavy atom. The van der Waals surface area contributed by atoms with Crippen LogP contribution in [0.5, 0.6) is 5.75 Å². The summed E-state index contributed by atoms with van der Waals surface area (Å²) in [5.74, 6) is -1.20. The van der Waals surface area contributed by atoms with E-state index in [9.17, 15) is 28.8 Å². The number of rotatable bonds is 11. The highest BCUT2D eigenvalue weighted by Gasteiger charge is 2.52. The molecule has 0 saturated carbocycles. The number of aromatic nitrogens is 1.